The molecule has 2 aromatic heterocycles. The monoisotopic (exact) mass is 494 g/mol. The highest BCUT2D eigenvalue weighted by Gasteiger charge is 2.19. The highest BCUT2D eigenvalue weighted by atomic mass is 35.5. The molecule has 0 atom stereocenters. The SMILES string of the molecule is Cc1ccc(OCc2ccc(C(=O)Nc3c(C)nn(Cc4ccc(Cl)cc4)c3C)o2)c([N+](=O)[O-])c1. The molecule has 4 rings (SSSR count). The van der Waals surface area contributed by atoms with Crippen LogP contribution in [0.25, 0.3) is 0 Å². The topological polar surface area (TPSA) is 112 Å². The van der Waals surface area contributed by atoms with Gasteiger partial charge in [-0.15, -0.1) is 0 Å². The van der Waals surface area contributed by atoms with Crippen LogP contribution in [0.4, 0.5) is 11.4 Å². The summed E-state index contributed by atoms with van der Waals surface area (Å²) in [4.78, 5) is 23.6. The lowest BCUT2D eigenvalue weighted by Crippen LogP contribution is -2.12. The van der Waals surface area contributed by atoms with Crippen LogP contribution in [0.2, 0.25) is 5.02 Å². The maximum absolute atomic E-state index is 12.8. The average Bonchev–Trinajstić information content (AvgIpc) is 3.40. The lowest BCUT2D eigenvalue weighted by Gasteiger charge is -2.07. The Morgan fingerprint density at radius 3 is 2.60 bits per heavy atom. The van der Waals surface area contributed by atoms with Gasteiger partial charge in [-0.2, -0.15) is 5.10 Å². The van der Waals surface area contributed by atoms with E-state index in [9.17, 15) is 14.9 Å². The van der Waals surface area contributed by atoms with Crippen LogP contribution in [-0.2, 0) is 13.2 Å². The summed E-state index contributed by atoms with van der Waals surface area (Å²) < 4.78 is 13.0. The first kappa shape index (κ1) is 24.0. The van der Waals surface area contributed by atoms with Crippen LogP contribution >= 0.6 is 11.6 Å². The van der Waals surface area contributed by atoms with Crippen molar-refractivity contribution in [3.63, 3.8) is 0 Å². The Bertz CT molecular complexity index is 1390. The second kappa shape index (κ2) is 10.0. The molecule has 0 saturated carbocycles. The number of hydrogen-bond donors (Lipinski definition) is 1. The van der Waals surface area contributed by atoms with Gasteiger partial charge < -0.3 is 14.5 Å². The van der Waals surface area contributed by atoms with Crippen LogP contribution in [0, 0.1) is 30.9 Å². The van der Waals surface area contributed by atoms with E-state index in [1.54, 1.807) is 19.1 Å². The molecule has 4 aromatic rings. The van der Waals surface area contributed by atoms with Crippen LogP contribution in [0.15, 0.2) is 59.0 Å². The van der Waals surface area contributed by atoms with Crippen LogP contribution in [0.1, 0.15) is 38.8 Å². The third kappa shape index (κ3) is 5.52. The summed E-state index contributed by atoms with van der Waals surface area (Å²) in [5.41, 5.74) is 3.73. The molecule has 0 aliphatic rings. The third-order valence-corrected chi connectivity index (χ3v) is 5.68. The number of nitro groups is 1. The number of aromatic nitrogens is 2. The van der Waals surface area contributed by atoms with Gasteiger partial charge in [0, 0.05) is 11.1 Å². The largest absolute Gasteiger partial charge is 0.479 e. The van der Waals surface area contributed by atoms with E-state index in [0.29, 0.717) is 28.7 Å². The van der Waals surface area contributed by atoms with Crippen molar-refractivity contribution >= 4 is 28.9 Å². The van der Waals surface area contributed by atoms with Gasteiger partial charge in [0.1, 0.15) is 12.4 Å². The minimum Gasteiger partial charge on any atom is -0.479 e. The number of nitrogens with one attached hydrogen (secondary N) is 1. The Labute approximate surface area is 206 Å². The summed E-state index contributed by atoms with van der Waals surface area (Å²) in [6.45, 7) is 5.93. The van der Waals surface area contributed by atoms with Crippen LogP contribution in [0.3, 0.4) is 0 Å². The number of benzene rings is 2. The second-order valence-electron chi connectivity index (χ2n) is 8.07. The van der Waals surface area contributed by atoms with Gasteiger partial charge in [-0.05, 0) is 62.2 Å². The van der Waals surface area contributed by atoms with E-state index in [0.717, 1.165) is 16.8 Å². The van der Waals surface area contributed by atoms with Crippen LogP contribution in [0.5, 0.6) is 5.75 Å². The first-order chi connectivity index (χ1) is 16.7. The summed E-state index contributed by atoms with van der Waals surface area (Å²) in [7, 11) is 0. The van der Waals surface area contributed by atoms with Crippen molar-refractivity contribution < 1.29 is 18.9 Å². The number of nitro benzene ring substituents is 1. The van der Waals surface area contributed by atoms with Gasteiger partial charge in [0.25, 0.3) is 5.91 Å². The molecule has 35 heavy (non-hydrogen) atoms. The summed E-state index contributed by atoms with van der Waals surface area (Å²) in [5.74, 6) is 0.139. The third-order valence-electron chi connectivity index (χ3n) is 5.43. The molecule has 180 valence electrons. The molecule has 0 fully saturated rings. The maximum Gasteiger partial charge on any atom is 0.311 e. The first-order valence-electron chi connectivity index (χ1n) is 10.8. The van der Waals surface area contributed by atoms with E-state index in [2.05, 4.69) is 10.4 Å². The number of rotatable bonds is 8. The van der Waals surface area contributed by atoms with E-state index in [1.165, 1.54) is 18.2 Å². The first-order valence-corrected chi connectivity index (χ1v) is 11.2. The molecule has 0 saturated heterocycles. The molecule has 10 heteroatoms. The van der Waals surface area contributed by atoms with Crippen molar-refractivity contribution in [1.29, 1.82) is 0 Å². The van der Waals surface area contributed by atoms with Crippen molar-refractivity contribution in [1.82, 2.24) is 9.78 Å². The minimum atomic E-state index is -0.499. The number of amides is 1. The quantitative estimate of drug-likeness (QED) is 0.243. The van der Waals surface area contributed by atoms with Gasteiger partial charge >= 0.3 is 5.69 Å². The highest BCUT2D eigenvalue weighted by Crippen LogP contribution is 2.29. The fourth-order valence-corrected chi connectivity index (χ4v) is 3.71. The number of hydrogen-bond acceptors (Lipinski definition) is 6. The summed E-state index contributed by atoms with van der Waals surface area (Å²) >= 11 is 5.95. The van der Waals surface area contributed by atoms with Gasteiger partial charge in [-0.1, -0.05) is 29.8 Å². The van der Waals surface area contributed by atoms with Gasteiger partial charge in [0.15, 0.2) is 11.5 Å². The average molecular weight is 495 g/mol. The van der Waals surface area contributed by atoms with Gasteiger partial charge in [-0.25, -0.2) is 0 Å². The number of ether oxygens (including phenoxy) is 1. The molecule has 0 bridgehead atoms. The zero-order valence-corrected chi connectivity index (χ0v) is 20.1. The van der Waals surface area contributed by atoms with E-state index >= 15 is 0 Å². The van der Waals surface area contributed by atoms with Crippen molar-refractivity contribution in [3.8, 4) is 5.75 Å². The van der Waals surface area contributed by atoms with Gasteiger partial charge in [0.2, 0.25) is 0 Å². The van der Waals surface area contributed by atoms with E-state index in [1.807, 2.05) is 42.8 Å². The molecule has 0 spiro atoms. The van der Waals surface area contributed by atoms with Crippen LogP contribution < -0.4 is 10.1 Å². The highest BCUT2D eigenvalue weighted by molar-refractivity contribution is 6.30. The van der Waals surface area contributed by atoms with E-state index < -0.39 is 10.8 Å². The van der Waals surface area contributed by atoms with Crippen molar-refractivity contribution in [2.24, 2.45) is 0 Å². The minimum absolute atomic E-state index is 0.0612. The number of halogens is 1. The molecule has 2 heterocycles. The molecule has 0 radical (unpaired) electrons. The Morgan fingerprint density at radius 2 is 1.89 bits per heavy atom. The molecule has 1 amide bonds. The summed E-state index contributed by atoms with van der Waals surface area (Å²) in [5, 5.41) is 19.3. The summed E-state index contributed by atoms with van der Waals surface area (Å²) in [6.07, 6.45) is 0. The molecule has 9 nitrogen and oxygen atoms in total. The zero-order chi connectivity index (χ0) is 25.1. The van der Waals surface area contributed by atoms with Crippen molar-refractivity contribution in [3.05, 3.63) is 104 Å². The smallest absolute Gasteiger partial charge is 0.311 e. The summed E-state index contributed by atoms with van der Waals surface area (Å²) in [6, 6.07) is 15.3. The fraction of sp³-hybridized carbons (Fsp3) is 0.200. The lowest BCUT2D eigenvalue weighted by molar-refractivity contribution is -0.386. The van der Waals surface area contributed by atoms with Gasteiger partial charge in [0.05, 0.1) is 28.5 Å². The standard InChI is InChI=1S/C25H23ClN4O5/c1-15-4-10-22(21(12-15)30(32)33)34-14-20-9-11-23(35-20)25(31)27-24-16(2)28-29(17(24)3)13-18-5-7-19(26)8-6-18/h4-12H,13-14H2,1-3H3,(H,27,31). The predicted octanol–water partition coefficient (Wildman–Crippen LogP) is 5.84. The molecule has 0 unspecified atom stereocenters. The van der Waals surface area contributed by atoms with E-state index in [4.69, 9.17) is 20.8 Å². The van der Waals surface area contributed by atoms with Crippen molar-refractivity contribution in [2.75, 3.05) is 5.32 Å². The molecular formula is C25H23ClN4O5. The number of carbonyl (C=O) groups excluding carboxylic acids is 1. The normalized spacial score (nSPS) is 10.9. The number of carbonyl (C=O) groups is 1. The van der Waals surface area contributed by atoms with Crippen molar-refractivity contribution in [2.45, 2.75) is 33.9 Å². The Balaban J connectivity index is 1.43. The Morgan fingerprint density at radius 1 is 1.14 bits per heavy atom. The van der Waals surface area contributed by atoms with Crippen LogP contribution in [-0.4, -0.2) is 20.6 Å². The van der Waals surface area contributed by atoms with Gasteiger partial charge in [-0.3, -0.25) is 19.6 Å². The fourth-order valence-electron chi connectivity index (χ4n) is 3.59. The number of aryl methyl sites for hydroxylation is 2. The number of nitrogens with zero attached hydrogens (tertiary/aromatic N) is 3. The predicted molar refractivity (Wildman–Crippen MR) is 131 cm³/mol. The second-order valence-corrected chi connectivity index (χ2v) is 8.50. The molecule has 0 aliphatic heterocycles. The lowest BCUT2D eigenvalue weighted by atomic mass is 10.2. The molecule has 0 aliphatic carbocycles. The Kier molecular flexibility index (Phi) is 6.88. The molecule has 1 N–H and O–H groups in total. The zero-order valence-electron chi connectivity index (χ0n) is 19.4. The van der Waals surface area contributed by atoms with E-state index in [-0.39, 0.29) is 23.8 Å². The number of anilines is 1. The maximum atomic E-state index is 12.8. The number of furan rings is 1. The Hall–Kier alpha value is -4.11. The molecular weight excluding hydrogens is 472 g/mol. The molecule has 2 aromatic carbocycles.